The minimum absolute atomic E-state index is 0.315. The summed E-state index contributed by atoms with van der Waals surface area (Å²) in [6.07, 6.45) is -3.98. The van der Waals surface area contributed by atoms with E-state index in [1.807, 2.05) is 19.0 Å². The molecule has 7 heteroatoms. The van der Waals surface area contributed by atoms with Gasteiger partial charge in [-0.05, 0) is 45.9 Å². The molecule has 1 aliphatic heterocycles. The molecule has 0 aromatic rings. The molecule has 1 unspecified atom stereocenters. The maximum Gasteiger partial charge on any atom is 0.404 e. The molecule has 1 N–H and O–H groups in total. The number of halogens is 3. The Labute approximate surface area is 111 Å². The van der Waals surface area contributed by atoms with E-state index in [4.69, 9.17) is 5.11 Å². The lowest BCUT2D eigenvalue weighted by atomic mass is 9.94. The van der Waals surface area contributed by atoms with Gasteiger partial charge in [0.25, 0.3) is 0 Å². The second-order valence-electron chi connectivity index (χ2n) is 5.40. The number of hydrogen-bond donors (Lipinski definition) is 1. The van der Waals surface area contributed by atoms with E-state index in [0.717, 1.165) is 6.54 Å². The van der Waals surface area contributed by atoms with E-state index < -0.39 is 24.6 Å². The zero-order valence-corrected chi connectivity index (χ0v) is 11.3. The SMILES string of the molecule is CN(C)CC1CCN(C(CC(=O)O)C(F)(F)F)CC1. The van der Waals surface area contributed by atoms with Crippen molar-refractivity contribution in [3.05, 3.63) is 0 Å². The number of alkyl halides is 3. The lowest BCUT2D eigenvalue weighted by molar-refractivity contribution is -0.193. The quantitative estimate of drug-likeness (QED) is 0.833. The normalized spacial score (nSPS) is 20.7. The number of rotatable bonds is 5. The molecule has 0 radical (unpaired) electrons. The maximum absolute atomic E-state index is 12.9. The summed E-state index contributed by atoms with van der Waals surface area (Å²) < 4.78 is 38.6. The van der Waals surface area contributed by atoms with Crippen molar-refractivity contribution in [1.29, 1.82) is 0 Å². The van der Waals surface area contributed by atoms with Gasteiger partial charge in [0, 0.05) is 6.54 Å². The molecule has 0 saturated carbocycles. The van der Waals surface area contributed by atoms with Crippen LogP contribution in [-0.2, 0) is 4.79 Å². The third-order valence-corrected chi connectivity index (χ3v) is 3.46. The highest BCUT2D eigenvalue weighted by molar-refractivity contribution is 5.67. The van der Waals surface area contributed by atoms with Crippen molar-refractivity contribution in [2.45, 2.75) is 31.5 Å². The predicted octanol–water partition coefficient (Wildman–Crippen LogP) is 1.67. The first-order chi connectivity index (χ1) is 8.70. The molecule has 1 atom stereocenters. The highest BCUT2D eigenvalue weighted by Crippen LogP contribution is 2.30. The molecule has 1 heterocycles. The molecule has 19 heavy (non-hydrogen) atoms. The minimum atomic E-state index is -4.48. The van der Waals surface area contributed by atoms with E-state index in [2.05, 4.69) is 0 Å². The van der Waals surface area contributed by atoms with Crippen LogP contribution in [0.15, 0.2) is 0 Å². The number of hydrogen-bond acceptors (Lipinski definition) is 3. The average molecular weight is 282 g/mol. The highest BCUT2D eigenvalue weighted by Gasteiger charge is 2.45. The van der Waals surface area contributed by atoms with Gasteiger partial charge in [0.2, 0.25) is 0 Å². The van der Waals surface area contributed by atoms with E-state index in [1.165, 1.54) is 4.90 Å². The Morgan fingerprint density at radius 3 is 2.26 bits per heavy atom. The van der Waals surface area contributed by atoms with Crippen LogP contribution >= 0.6 is 0 Å². The fourth-order valence-electron chi connectivity index (χ4n) is 2.58. The van der Waals surface area contributed by atoms with Crippen LogP contribution in [0, 0.1) is 5.92 Å². The van der Waals surface area contributed by atoms with Gasteiger partial charge in [-0.1, -0.05) is 0 Å². The number of nitrogens with zero attached hydrogens (tertiary/aromatic N) is 2. The highest BCUT2D eigenvalue weighted by atomic mass is 19.4. The summed E-state index contributed by atoms with van der Waals surface area (Å²) in [5.74, 6) is -1.01. The van der Waals surface area contributed by atoms with Gasteiger partial charge < -0.3 is 10.0 Å². The number of aliphatic carboxylic acids is 1. The molecule has 0 bridgehead atoms. The molecule has 0 aliphatic carbocycles. The zero-order valence-electron chi connectivity index (χ0n) is 11.3. The lowest BCUT2D eigenvalue weighted by Gasteiger charge is -2.38. The smallest absolute Gasteiger partial charge is 0.404 e. The Bertz CT molecular complexity index is 300. The Morgan fingerprint density at radius 2 is 1.89 bits per heavy atom. The monoisotopic (exact) mass is 282 g/mol. The van der Waals surface area contributed by atoms with Crippen molar-refractivity contribution in [2.75, 3.05) is 33.7 Å². The van der Waals surface area contributed by atoms with Gasteiger partial charge in [-0.25, -0.2) is 0 Å². The Balaban J connectivity index is 2.57. The van der Waals surface area contributed by atoms with Crippen LogP contribution in [0.5, 0.6) is 0 Å². The van der Waals surface area contributed by atoms with Crippen LogP contribution in [0.1, 0.15) is 19.3 Å². The molecule has 112 valence electrons. The van der Waals surface area contributed by atoms with Crippen molar-refractivity contribution in [3.8, 4) is 0 Å². The lowest BCUT2D eigenvalue weighted by Crippen LogP contribution is -2.50. The van der Waals surface area contributed by atoms with Crippen LogP contribution in [0.3, 0.4) is 0 Å². The van der Waals surface area contributed by atoms with Crippen LogP contribution in [0.2, 0.25) is 0 Å². The third kappa shape index (κ3) is 5.36. The summed E-state index contributed by atoms with van der Waals surface area (Å²) in [5.41, 5.74) is 0. The molecular formula is C12H21F3N2O2. The first-order valence-electron chi connectivity index (χ1n) is 6.37. The van der Waals surface area contributed by atoms with Crippen molar-refractivity contribution in [2.24, 2.45) is 5.92 Å². The fraction of sp³-hybridized carbons (Fsp3) is 0.917. The van der Waals surface area contributed by atoms with Crippen molar-refractivity contribution in [1.82, 2.24) is 9.80 Å². The van der Waals surface area contributed by atoms with Crippen LogP contribution in [0.25, 0.3) is 0 Å². The van der Waals surface area contributed by atoms with E-state index in [0.29, 0.717) is 31.8 Å². The number of piperidine rings is 1. The molecule has 0 aromatic carbocycles. The second kappa shape index (κ2) is 6.56. The van der Waals surface area contributed by atoms with E-state index >= 15 is 0 Å². The summed E-state index contributed by atoms with van der Waals surface area (Å²) in [5, 5.41) is 8.62. The second-order valence-corrected chi connectivity index (χ2v) is 5.40. The summed E-state index contributed by atoms with van der Waals surface area (Å²) in [7, 11) is 3.88. The number of likely N-dealkylation sites (tertiary alicyclic amines) is 1. The van der Waals surface area contributed by atoms with E-state index in [1.54, 1.807) is 0 Å². The number of carboxylic acid groups (broad SMARTS) is 1. The molecule has 1 rings (SSSR count). The van der Waals surface area contributed by atoms with Gasteiger partial charge in [0.05, 0.1) is 6.42 Å². The molecule has 0 amide bonds. The van der Waals surface area contributed by atoms with Crippen LogP contribution in [-0.4, -0.2) is 66.8 Å². The topological polar surface area (TPSA) is 43.8 Å². The van der Waals surface area contributed by atoms with Crippen LogP contribution in [0.4, 0.5) is 13.2 Å². The molecule has 0 aromatic heterocycles. The molecular weight excluding hydrogens is 261 g/mol. The van der Waals surface area contributed by atoms with Crippen molar-refractivity contribution < 1.29 is 23.1 Å². The number of carboxylic acids is 1. The standard InChI is InChI=1S/C12H21F3N2O2/c1-16(2)8-9-3-5-17(6-4-9)10(7-11(18)19)12(13,14)15/h9-10H,3-8H2,1-2H3,(H,18,19). The van der Waals surface area contributed by atoms with Gasteiger partial charge in [0.15, 0.2) is 0 Å². The predicted molar refractivity (Wildman–Crippen MR) is 64.9 cm³/mol. The molecule has 4 nitrogen and oxygen atoms in total. The Kier molecular flexibility index (Phi) is 5.61. The van der Waals surface area contributed by atoms with Crippen molar-refractivity contribution >= 4 is 5.97 Å². The Hall–Kier alpha value is -0.820. The molecule has 1 aliphatic rings. The first kappa shape index (κ1) is 16.2. The van der Waals surface area contributed by atoms with E-state index in [-0.39, 0.29) is 0 Å². The fourth-order valence-corrected chi connectivity index (χ4v) is 2.58. The molecule has 0 spiro atoms. The van der Waals surface area contributed by atoms with Gasteiger partial charge >= 0.3 is 12.1 Å². The Morgan fingerprint density at radius 1 is 1.37 bits per heavy atom. The summed E-state index contributed by atoms with van der Waals surface area (Å²) in [4.78, 5) is 13.9. The average Bonchev–Trinajstić information content (AvgIpc) is 2.25. The summed E-state index contributed by atoms with van der Waals surface area (Å²) in [6.45, 7) is 1.50. The minimum Gasteiger partial charge on any atom is -0.481 e. The maximum atomic E-state index is 12.9. The summed E-state index contributed by atoms with van der Waals surface area (Å²) >= 11 is 0. The van der Waals surface area contributed by atoms with E-state index in [9.17, 15) is 18.0 Å². The molecule has 1 saturated heterocycles. The first-order valence-corrected chi connectivity index (χ1v) is 6.37. The van der Waals surface area contributed by atoms with Gasteiger partial charge in [0.1, 0.15) is 6.04 Å². The summed E-state index contributed by atoms with van der Waals surface area (Å²) in [6, 6.07) is -1.86. The van der Waals surface area contributed by atoms with Crippen molar-refractivity contribution in [3.63, 3.8) is 0 Å². The largest absolute Gasteiger partial charge is 0.481 e. The third-order valence-electron chi connectivity index (χ3n) is 3.46. The van der Waals surface area contributed by atoms with Gasteiger partial charge in [-0.2, -0.15) is 13.2 Å². The number of carbonyl (C=O) groups is 1. The van der Waals surface area contributed by atoms with Gasteiger partial charge in [-0.3, -0.25) is 9.69 Å². The van der Waals surface area contributed by atoms with Gasteiger partial charge in [-0.15, -0.1) is 0 Å². The van der Waals surface area contributed by atoms with Crippen LogP contribution < -0.4 is 0 Å². The molecule has 1 fully saturated rings. The zero-order chi connectivity index (χ0) is 14.6.